The van der Waals surface area contributed by atoms with Crippen molar-refractivity contribution in [3.05, 3.63) is 27.8 Å². The number of hydrogen-bond donors (Lipinski definition) is 2. The SMILES string of the molecule is CNCCCS(=O)(=O)Nc1ccccc1I. The smallest absolute Gasteiger partial charge is 0.232 e. The number of anilines is 1. The molecule has 1 rings (SSSR count). The van der Waals surface area contributed by atoms with Crippen molar-refractivity contribution in [3.8, 4) is 0 Å². The van der Waals surface area contributed by atoms with Crippen molar-refractivity contribution in [2.45, 2.75) is 6.42 Å². The van der Waals surface area contributed by atoms with Crippen LogP contribution in [0.4, 0.5) is 5.69 Å². The van der Waals surface area contributed by atoms with Crippen LogP contribution in [0.5, 0.6) is 0 Å². The lowest BCUT2D eigenvalue weighted by atomic mass is 10.3. The minimum atomic E-state index is -3.22. The predicted octanol–water partition coefficient (Wildman–Crippen LogP) is 1.64. The summed E-state index contributed by atoms with van der Waals surface area (Å²) in [6.45, 7) is 0.701. The molecular weight excluding hydrogens is 339 g/mol. The van der Waals surface area contributed by atoms with Crippen LogP contribution in [0.3, 0.4) is 0 Å². The molecule has 0 radical (unpaired) electrons. The molecule has 16 heavy (non-hydrogen) atoms. The van der Waals surface area contributed by atoms with Crippen molar-refractivity contribution < 1.29 is 8.42 Å². The molecular formula is C10H15IN2O2S. The van der Waals surface area contributed by atoms with Crippen molar-refractivity contribution in [2.24, 2.45) is 0 Å². The molecule has 0 amide bonds. The molecule has 0 heterocycles. The highest BCUT2D eigenvalue weighted by molar-refractivity contribution is 14.1. The third-order valence-corrected chi connectivity index (χ3v) is 4.28. The van der Waals surface area contributed by atoms with Crippen LogP contribution in [0.25, 0.3) is 0 Å². The fraction of sp³-hybridized carbons (Fsp3) is 0.400. The van der Waals surface area contributed by atoms with Crippen LogP contribution in [-0.2, 0) is 10.0 Å². The maximum atomic E-state index is 11.7. The van der Waals surface area contributed by atoms with Gasteiger partial charge in [0.15, 0.2) is 0 Å². The summed E-state index contributed by atoms with van der Waals surface area (Å²) in [7, 11) is -1.42. The Bertz CT molecular complexity index is 434. The first-order valence-electron chi connectivity index (χ1n) is 4.95. The zero-order valence-electron chi connectivity index (χ0n) is 9.03. The monoisotopic (exact) mass is 354 g/mol. The molecule has 6 heteroatoms. The van der Waals surface area contributed by atoms with Crippen LogP contribution in [0.2, 0.25) is 0 Å². The molecule has 0 atom stereocenters. The van der Waals surface area contributed by atoms with E-state index in [-0.39, 0.29) is 5.75 Å². The molecule has 0 aromatic heterocycles. The van der Waals surface area contributed by atoms with Gasteiger partial charge in [-0.25, -0.2) is 8.42 Å². The van der Waals surface area contributed by atoms with Gasteiger partial charge in [0.25, 0.3) is 0 Å². The van der Waals surface area contributed by atoms with Crippen LogP contribution in [0, 0.1) is 3.57 Å². The lowest BCUT2D eigenvalue weighted by Gasteiger charge is -2.09. The van der Waals surface area contributed by atoms with E-state index < -0.39 is 10.0 Å². The Morgan fingerprint density at radius 1 is 1.31 bits per heavy atom. The van der Waals surface area contributed by atoms with E-state index in [1.54, 1.807) is 13.1 Å². The van der Waals surface area contributed by atoms with Crippen molar-refractivity contribution in [1.29, 1.82) is 0 Å². The Morgan fingerprint density at radius 3 is 2.62 bits per heavy atom. The summed E-state index contributed by atoms with van der Waals surface area (Å²) in [5.41, 5.74) is 0.646. The van der Waals surface area contributed by atoms with Gasteiger partial charge in [0, 0.05) is 3.57 Å². The maximum absolute atomic E-state index is 11.7. The Hall–Kier alpha value is -0.340. The summed E-state index contributed by atoms with van der Waals surface area (Å²) in [6.07, 6.45) is 0.606. The topological polar surface area (TPSA) is 58.2 Å². The summed E-state index contributed by atoms with van der Waals surface area (Å²) >= 11 is 2.11. The first-order valence-corrected chi connectivity index (χ1v) is 7.68. The maximum Gasteiger partial charge on any atom is 0.232 e. The number of rotatable bonds is 6. The standard InChI is InChI=1S/C10H15IN2O2S/c1-12-7-4-8-16(14,15)13-10-6-3-2-5-9(10)11/h2-3,5-6,12-13H,4,7-8H2,1H3. The number of sulfonamides is 1. The molecule has 0 aliphatic carbocycles. The Labute approximate surface area is 110 Å². The largest absolute Gasteiger partial charge is 0.320 e. The van der Waals surface area contributed by atoms with Gasteiger partial charge < -0.3 is 5.32 Å². The second-order valence-corrected chi connectivity index (χ2v) is 6.36. The molecule has 0 unspecified atom stereocenters. The highest BCUT2D eigenvalue weighted by atomic mass is 127. The highest BCUT2D eigenvalue weighted by Crippen LogP contribution is 2.18. The second kappa shape index (κ2) is 6.41. The summed E-state index contributed by atoms with van der Waals surface area (Å²) in [6, 6.07) is 7.32. The highest BCUT2D eigenvalue weighted by Gasteiger charge is 2.10. The number of benzene rings is 1. The van der Waals surface area contributed by atoms with Crippen molar-refractivity contribution in [1.82, 2.24) is 5.32 Å². The van der Waals surface area contributed by atoms with E-state index in [9.17, 15) is 8.42 Å². The third kappa shape index (κ3) is 4.67. The van der Waals surface area contributed by atoms with E-state index in [0.717, 1.165) is 3.57 Å². The van der Waals surface area contributed by atoms with Crippen LogP contribution >= 0.6 is 22.6 Å². The van der Waals surface area contributed by atoms with E-state index >= 15 is 0 Å². The van der Waals surface area contributed by atoms with E-state index in [4.69, 9.17) is 0 Å². The Morgan fingerprint density at radius 2 is 2.00 bits per heavy atom. The number of halogens is 1. The predicted molar refractivity (Wildman–Crippen MR) is 75.1 cm³/mol. The van der Waals surface area contributed by atoms with Gasteiger partial charge in [0.1, 0.15) is 0 Å². The molecule has 0 aliphatic heterocycles. The summed E-state index contributed by atoms with van der Waals surface area (Å²) < 4.78 is 26.9. The molecule has 2 N–H and O–H groups in total. The molecule has 90 valence electrons. The number of nitrogens with one attached hydrogen (secondary N) is 2. The molecule has 0 fully saturated rings. The molecule has 1 aromatic carbocycles. The Kier molecular flexibility index (Phi) is 5.50. The van der Waals surface area contributed by atoms with E-state index in [1.807, 2.05) is 18.2 Å². The van der Waals surface area contributed by atoms with Crippen LogP contribution in [-0.4, -0.2) is 27.8 Å². The average molecular weight is 354 g/mol. The first kappa shape index (κ1) is 13.7. The van der Waals surface area contributed by atoms with E-state index in [0.29, 0.717) is 18.7 Å². The van der Waals surface area contributed by atoms with Gasteiger partial charge in [-0.1, -0.05) is 12.1 Å². The molecule has 0 aliphatic rings. The zero-order valence-corrected chi connectivity index (χ0v) is 12.0. The van der Waals surface area contributed by atoms with Crippen LogP contribution in [0.15, 0.2) is 24.3 Å². The quantitative estimate of drug-likeness (QED) is 0.603. The second-order valence-electron chi connectivity index (χ2n) is 3.36. The Balaban J connectivity index is 2.63. The molecule has 0 saturated carbocycles. The minimum Gasteiger partial charge on any atom is -0.320 e. The minimum absolute atomic E-state index is 0.138. The lowest BCUT2D eigenvalue weighted by Crippen LogP contribution is -2.20. The van der Waals surface area contributed by atoms with Crippen LogP contribution < -0.4 is 10.0 Å². The number of hydrogen-bond acceptors (Lipinski definition) is 3. The van der Waals surface area contributed by atoms with Gasteiger partial charge in [-0.2, -0.15) is 0 Å². The average Bonchev–Trinajstić information content (AvgIpc) is 2.21. The van der Waals surface area contributed by atoms with E-state index in [2.05, 4.69) is 32.6 Å². The first-order chi connectivity index (χ1) is 7.55. The van der Waals surface area contributed by atoms with Gasteiger partial charge in [-0.05, 0) is 54.7 Å². The summed E-state index contributed by atoms with van der Waals surface area (Å²) in [5, 5.41) is 2.92. The zero-order chi connectivity index (χ0) is 12.0. The molecule has 0 bridgehead atoms. The van der Waals surface area contributed by atoms with Gasteiger partial charge >= 0.3 is 0 Å². The van der Waals surface area contributed by atoms with E-state index in [1.165, 1.54) is 0 Å². The molecule has 1 aromatic rings. The van der Waals surface area contributed by atoms with Gasteiger partial charge in [-0.15, -0.1) is 0 Å². The fourth-order valence-electron chi connectivity index (χ4n) is 1.20. The molecule has 0 saturated heterocycles. The van der Waals surface area contributed by atoms with Crippen molar-refractivity contribution in [2.75, 3.05) is 24.1 Å². The summed E-state index contributed by atoms with van der Waals surface area (Å²) in [4.78, 5) is 0. The molecule has 0 spiro atoms. The third-order valence-electron chi connectivity index (χ3n) is 1.98. The lowest BCUT2D eigenvalue weighted by molar-refractivity contribution is 0.597. The van der Waals surface area contributed by atoms with Crippen molar-refractivity contribution >= 4 is 38.3 Å². The van der Waals surface area contributed by atoms with Crippen molar-refractivity contribution in [3.63, 3.8) is 0 Å². The van der Waals surface area contributed by atoms with Gasteiger partial charge in [-0.3, -0.25) is 4.72 Å². The normalized spacial score (nSPS) is 11.4. The number of para-hydroxylation sites is 1. The summed E-state index contributed by atoms with van der Waals surface area (Å²) in [5.74, 6) is 0.138. The van der Waals surface area contributed by atoms with Gasteiger partial charge in [0.2, 0.25) is 10.0 Å². The fourth-order valence-corrected chi connectivity index (χ4v) is 3.05. The van der Waals surface area contributed by atoms with Gasteiger partial charge in [0.05, 0.1) is 11.4 Å². The molecule has 4 nitrogen and oxygen atoms in total. The van der Waals surface area contributed by atoms with Crippen LogP contribution in [0.1, 0.15) is 6.42 Å².